The van der Waals surface area contributed by atoms with Gasteiger partial charge in [0.25, 0.3) is 5.91 Å². The van der Waals surface area contributed by atoms with E-state index in [-0.39, 0.29) is 5.91 Å². The molecule has 0 spiro atoms. The van der Waals surface area contributed by atoms with Gasteiger partial charge in [0.1, 0.15) is 10.6 Å². The maximum atomic E-state index is 12.1. The molecule has 0 saturated heterocycles. The second-order valence-corrected chi connectivity index (χ2v) is 5.90. The topological polar surface area (TPSA) is 85.6 Å². The molecule has 0 bridgehead atoms. The Morgan fingerprint density at radius 2 is 2.27 bits per heavy atom. The van der Waals surface area contributed by atoms with Crippen molar-refractivity contribution in [2.75, 3.05) is 0 Å². The van der Waals surface area contributed by atoms with E-state index >= 15 is 0 Å². The molecule has 0 aliphatic heterocycles. The quantitative estimate of drug-likeness (QED) is 0.791. The van der Waals surface area contributed by atoms with Gasteiger partial charge in [0.15, 0.2) is 0 Å². The van der Waals surface area contributed by atoms with Crippen LogP contribution in [0.5, 0.6) is 0 Å². The molecular formula is C14H14N6OS. The standard InChI is InChI=1S/C14H14N6OS/c1-9-13(22-10(2)17-9)14(21)16-6-11-8-20(19-18-11)12-4-3-5-15-7-12/h3-5,7-8H,6H2,1-2H3,(H,16,21). The average molecular weight is 314 g/mol. The number of hydrogen-bond donors (Lipinski definition) is 1. The van der Waals surface area contributed by atoms with Crippen molar-refractivity contribution in [1.82, 2.24) is 30.3 Å². The highest BCUT2D eigenvalue weighted by Gasteiger charge is 2.14. The van der Waals surface area contributed by atoms with Gasteiger partial charge in [-0.15, -0.1) is 16.4 Å². The highest BCUT2D eigenvalue weighted by molar-refractivity contribution is 7.13. The fourth-order valence-electron chi connectivity index (χ4n) is 1.99. The zero-order valence-corrected chi connectivity index (χ0v) is 13.0. The van der Waals surface area contributed by atoms with Crippen molar-refractivity contribution in [3.63, 3.8) is 0 Å². The van der Waals surface area contributed by atoms with Crippen LogP contribution in [-0.4, -0.2) is 30.9 Å². The van der Waals surface area contributed by atoms with Crippen molar-refractivity contribution in [2.24, 2.45) is 0 Å². The van der Waals surface area contributed by atoms with Crippen molar-refractivity contribution in [2.45, 2.75) is 20.4 Å². The number of nitrogens with one attached hydrogen (secondary N) is 1. The first-order valence-corrected chi connectivity index (χ1v) is 7.49. The average Bonchev–Trinajstić information content (AvgIpc) is 3.12. The van der Waals surface area contributed by atoms with Crippen LogP contribution in [0.1, 0.15) is 26.1 Å². The summed E-state index contributed by atoms with van der Waals surface area (Å²) in [6, 6.07) is 3.71. The first-order chi connectivity index (χ1) is 10.6. The van der Waals surface area contributed by atoms with E-state index in [1.54, 1.807) is 23.3 Å². The predicted molar refractivity (Wildman–Crippen MR) is 81.9 cm³/mol. The number of thiazole rings is 1. The van der Waals surface area contributed by atoms with Gasteiger partial charge in [0.2, 0.25) is 0 Å². The van der Waals surface area contributed by atoms with E-state index in [4.69, 9.17) is 0 Å². The second-order valence-electron chi connectivity index (χ2n) is 4.70. The lowest BCUT2D eigenvalue weighted by Crippen LogP contribution is -2.22. The van der Waals surface area contributed by atoms with Crippen molar-refractivity contribution >= 4 is 17.2 Å². The third-order valence-electron chi connectivity index (χ3n) is 2.99. The van der Waals surface area contributed by atoms with Crippen LogP contribution < -0.4 is 5.32 Å². The third kappa shape index (κ3) is 3.01. The summed E-state index contributed by atoms with van der Waals surface area (Å²) in [7, 11) is 0. The molecule has 3 aromatic rings. The number of nitrogens with zero attached hydrogens (tertiary/aromatic N) is 5. The largest absolute Gasteiger partial charge is 0.345 e. The Hall–Kier alpha value is -2.61. The monoisotopic (exact) mass is 314 g/mol. The number of aryl methyl sites for hydroxylation is 2. The molecule has 112 valence electrons. The van der Waals surface area contributed by atoms with E-state index in [1.165, 1.54) is 11.3 Å². The first-order valence-electron chi connectivity index (χ1n) is 6.67. The van der Waals surface area contributed by atoms with E-state index in [1.807, 2.05) is 26.0 Å². The van der Waals surface area contributed by atoms with Crippen LogP contribution in [0.15, 0.2) is 30.7 Å². The summed E-state index contributed by atoms with van der Waals surface area (Å²) in [5.41, 5.74) is 2.25. The molecule has 7 nitrogen and oxygen atoms in total. The number of carbonyl (C=O) groups excluding carboxylic acids is 1. The molecule has 0 atom stereocenters. The number of hydrogen-bond acceptors (Lipinski definition) is 6. The van der Waals surface area contributed by atoms with E-state index in [9.17, 15) is 4.79 Å². The van der Waals surface area contributed by atoms with Gasteiger partial charge in [-0.3, -0.25) is 9.78 Å². The van der Waals surface area contributed by atoms with Crippen molar-refractivity contribution in [3.8, 4) is 5.69 Å². The van der Waals surface area contributed by atoms with Gasteiger partial charge in [-0.05, 0) is 26.0 Å². The molecule has 0 aromatic carbocycles. The molecule has 0 radical (unpaired) electrons. The van der Waals surface area contributed by atoms with Crippen molar-refractivity contribution in [3.05, 3.63) is 52.0 Å². The molecule has 0 unspecified atom stereocenters. The molecule has 1 N–H and O–H groups in total. The van der Waals surface area contributed by atoms with Gasteiger partial charge in [-0.2, -0.15) is 0 Å². The lowest BCUT2D eigenvalue weighted by Gasteiger charge is -2.01. The Balaban J connectivity index is 1.66. The van der Waals surface area contributed by atoms with Crippen molar-refractivity contribution < 1.29 is 4.79 Å². The smallest absolute Gasteiger partial charge is 0.263 e. The summed E-state index contributed by atoms with van der Waals surface area (Å²) in [5, 5.41) is 11.8. The number of rotatable bonds is 4. The van der Waals surface area contributed by atoms with Gasteiger partial charge in [-0.1, -0.05) is 5.21 Å². The zero-order chi connectivity index (χ0) is 15.5. The van der Waals surface area contributed by atoms with E-state index in [2.05, 4.69) is 25.6 Å². The summed E-state index contributed by atoms with van der Waals surface area (Å²) in [6.07, 6.45) is 5.16. The van der Waals surface area contributed by atoms with Crippen LogP contribution in [0.2, 0.25) is 0 Å². The Labute approximate surface area is 131 Å². The Morgan fingerprint density at radius 1 is 1.41 bits per heavy atom. The number of pyridine rings is 1. The molecule has 3 heterocycles. The van der Waals surface area contributed by atoms with Crippen molar-refractivity contribution in [1.29, 1.82) is 0 Å². The molecular weight excluding hydrogens is 300 g/mol. The lowest BCUT2D eigenvalue weighted by molar-refractivity contribution is 0.0953. The minimum Gasteiger partial charge on any atom is -0.345 e. The molecule has 0 fully saturated rings. The summed E-state index contributed by atoms with van der Waals surface area (Å²) in [4.78, 5) is 21.0. The maximum Gasteiger partial charge on any atom is 0.263 e. The highest BCUT2D eigenvalue weighted by atomic mass is 32.1. The fraction of sp³-hybridized carbons (Fsp3) is 0.214. The lowest BCUT2D eigenvalue weighted by atomic mass is 10.3. The van der Waals surface area contributed by atoms with Crippen LogP contribution in [0, 0.1) is 13.8 Å². The van der Waals surface area contributed by atoms with E-state index in [0.29, 0.717) is 17.1 Å². The Morgan fingerprint density at radius 3 is 2.95 bits per heavy atom. The van der Waals surface area contributed by atoms with Crippen LogP contribution in [-0.2, 0) is 6.54 Å². The van der Waals surface area contributed by atoms with Crippen LogP contribution in [0.25, 0.3) is 5.69 Å². The van der Waals surface area contributed by atoms with Gasteiger partial charge < -0.3 is 5.32 Å². The number of carbonyl (C=O) groups is 1. The summed E-state index contributed by atoms with van der Waals surface area (Å²) in [5.74, 6) is -0.140. The number of amides is 1. The molecule has 1 amide bonds. The molecule has 8 heteroatoms. The normalized spacial score (nSPS) is 10.6. The summed E-state index contributed by atoms with van der Waals surface area (Å²) < 4.78 is 1.62. The summed E-state index contributed by atoms with van der Waals surface area (Å²) in [6.45, 7) is 4.03. The minimum absolute atomic E-state index is 0.140. The Bertz CT molecular complexity index is 795. The fourth-order valence-corrected chi connectivity index (χ4v) is 2.82. The van der Waals surface area contributed by atoms with E-state index in [0.717, 1.165) is 16.4 Å². The van der Waals surface area contributed by atoms with Crippen LogP contribution in [0.3, 0.4) is 0 Å². The van der Waals surface area contributed by atoms with Gasteiger partial charge in [0.05, 0.1) is 35.3 Å². The third-order valence-corrected chi connectivity index (χ3v) is 4.06. The Kier molecular flexibility index (Phi) is 3.92. The molecule has 0 aliphatic carbocycles. The zero-order valence-electron chi connectivity index (χ0n) is 12.1. The molecule has 0 saturated carbocycles. The minimum atomic E-state index is -0.140. The molecule has 3 aromatic heterocycles. The van der Waals surface area contributed by atoms with Crippen LogP contribution in [0.4, 0.5) is 0 Å². The first kappa shape index (κ1) is 14.3. The maximum absolute atomic E-state index is 12.1. The molecule has 3 rings (SSSR count). The SMILES string of the molecule is Cc1nc(C)c(C(=O)NCc2cn(-c3cccnc3)nn2)s1. The molecule has 22 heavy (non-hydrogen) atoms. The second kappa shape index (κ2) is 6.02. The van der Waals surface area contributed by atoms with Gasteiger partial charge >= 0.3 is 0 Å². The predicted octanol–water partition coefficient (Wildman–Crippen LogP) is 1.67. The van der Waals surface area contributed by atoms with Gasteiger partial charge in [0, 0.05) is 6.20 Å². The highest BCUT2D eigenvalue weighted by Crippen LogP contribution is 2.16. The van der Waals surface area contributed by atoms with Crippen LogP contribution >= 0.6 is 11.3 Å². The summed E-state index contributed by atoms with van der Waals surface area (Å²) >= 11 is 1.39. The molecule has 0 aliphatic rings. The van der Waals surface area contributed by atoms with Gasteiger partial charge in [-0.25, -0.2) is 9.67 Å². The van der Waals surface area contributed by atoms with E-state index < -0.39 is 0 Å². The number of aromatic nitrogens is 5.